The minimum Gasteiger partial charge on any atom is -0.480 e. The Labute approximate surface area is 264 Å². The van der Waals surface area contributed by atoms with E-state index in [4.69, 9.17) is 0 Å². The number of carboxylic acids is 1. The molecule has 0 saturated heterocycles. The summed E-state index contributed by atoms with van der Waals surface area (Å²) >= 11 is 0. The zero-order valence-electron chi connectivity index (χ0n) is 27.7. The van der Waals surface area contributed by atoms with Crippen LogP contribution in [-0.2, 0) is 19.2 Å². The van der Waals surface area contributed by atoms with E-state index in [9.17, 15) is 37.5 Å². The minimum absolute atomic E-state index is 0.000564. The van der Waals surface area contributed by atoms with Crippen LogP contribution in [0.2, 0.25) is 0 Å². The van der Waals surface area contributed by atoms with Crippen molar-refractivity contribution in [3.05, 3.63) is 0 Å². The van der Waals surface area contributed by atoms with Crippen molar-refractivity contribution in [2.24, 2.45) is 11.8 Å². The molecule has 7 nitrogen and oxygen atoms in total. The molecule has 0 aliphatic rings. The second kappa shape index (κ2) is 26.1. The van der Waals surface area contributed by atoms with Crippen LogP contribution < -0.4 is 10.6 Å². The van der Waals surface area contributed by atoms with E-state index >= 15 is 0 Å². The van der Waals surface area contributed by atoms with E-state index in [1.165, 1.54) is 64.7 Å². The Balaban J connectivity index is 4.10. The standard InChI is InChI=1S/C34H61F3N2O5/c1-4-6-7-8-9-10-11-12-13-14-15-16-17-22-32(42)39-30(33(43)44)23-24-31(41)38-25-19-18-21-28(27(3)40)26-29(20-5-2)34(35,36)37/h28-30H,4-26H2,1-3H3,(H,38,41)(H,39,42)(H,43,44)/t28-,29-,30?/m1/s1. The number of unbranched alkanes of at least 4 members (excludes halogenated alkanes) is 13. The van der Waals surface area contributed by atoms with Gasteiger partial charge in [0.1, 0.15) is 11.8 Å². The Morgan fingerprint density at radius 1 is 0.659 bits per heavy atom. The second-order valence-corrected chi connectivity index (χ2v) is 12.4. The molecule has 3 atom stereocenters. The number of nitrogens with one attached hydrogen (secondary N) is 2. The average molecular weight is 635 g/mol. The summed E-state index contributed by atoms with van der Waals surface area (Å²) < 4.78 is 39.8. The van der Waals surface area contributed by atoms with Crippen molar-refractivity contribution in [1.29, 1.82) is 0 Å². The molecule has 10 heteroatoms. The number of hydrogen-bond donors (Lipinski definition) is 3. The van der Waals surface area contributed by atoms with Crippen molar-refractivity contribution in [3.63, 3.8) is 0 Å². The van der Waals surface area contributed by atoms with Crippen molar-refractivity contribution in [2.75, 3.05) is 6.54 Å². The summed E-state index contributed by atoms with van der Waals surface area (Å²) in [5.41, 5.74) is 0. The van der Waals surface area contributed by atoms with Crippen LogP contribution in [0.15, 0.2) is 0 Å². The van der Waals surface area contributed by atoms with Crippen LogP contribution in [0.25, 0.3) is 0 Å². The molecule has 0 aliphatic heterocycles. The molecular weight excluding hydrogens is 573 g/mol. The molecule has 0 rings (SSSR count). The number of aliphatic carboxylic acids is 1. The molecule has 1 unspecified atom stereocenters. The fourth-order valence-corrected chi connectivity index (χ4v) is 5.53. The third-order valence-corrected chi connectivity index (χ3v) is 8.35. The Bertz CT molecular complexity index is 791. The first-order valence-electron chi connectivity index (χ1n) is 17.3. The molecule has 0 aliphatic carbocycles. The van der Waals surface area contributed by atoms with Crippen LogP contribution in [0.4, 0.5) is 13.2 Å². The fraction of sp³-hybridized carbons (Fsp3) is 0.882. The van der Waals surface area contributed by atoms with Crippen LogP contribution in [0.3, 0.4) is 0 Å². The van der Waals surface area contributed by atoms with Crippen LogP contribution >= 0.6 is 0 Å². The van der Waals surface area contributed by atoms with Gasteiger partial charge in [-0.1, -0.05) is 104 Å². The lowest BCUT2D eigenvalue weighted by molar-refractivity contribution is -0.181. The molecule has 0 radical (unpaired) electrons. The Hall–Kier alpha value is -2.13. The van der Waals surface area contributed by atoms with E-state index in [1.807, 2.05) is 0 Å². The predicted molar refractivity (Wildman–Crippen MR) is 169 cm³/mol. The predicted octanol–water partition coefficient (Wildman–Crippen LogP) is 8.68. The van der Waals surface area contributed by atoms with Gasteiger partial charge in [0.05, 0.1) is 5.92 Å². The molecule has 0 fully saturated rings. The summed E-state index contributed by atoms with van der Waals surface area (Å²) in [6.07, 6.45) is 12.9. The number of hydrogen-bond acceptors (Lipinski definition) is 4. The van der Waals surface area contributed by atoms with E-state index < -0.39 is 30.0 Å². The quantitative estimate of drug-likeness (QED) is 0.0713. The summed E-state index contributed by atoms with van der Waals surface area (Å²) in [5, 5.41) is 14.7. The maximum atomic E-state index is 13.3. The van der Waals surface area contributed by atoms with Crippen LogP contribution in [0, 0.1) is 11.8 Å². The molecule has 0 bridgehead atoms. The third-order valence-electron chi connectivity index (χ3n) is 8.35. The molecule has 3 N–H and O–H groups in total. The summed E-state index contributed by atoms with van der Waals surface area (Å²) in [4.78, 5) is 48.0. The van der Waals surface area contributed by atoms with Gasteiger partial charge in [-0.15, -0.1) is 0 Å². The summed E-state index contributed by atoms with van der Waals surface area (Å²) in [6, 6.07) is -1.14. The number of rotatable bonds is 29. The largest absolute Gasteiger partial charge is 0.480 e. The van der Waals surface area contributed by atoms with Gasteiger partial charge in [0.2, 0.25) is 11.8 Å². The van der Waals surface area contributed by atoms with E-state index in [2.05, 4.69) is 17.6 Å². The number of alkyl halides is 3. The zero-order chi connectivity index (χ0) is 33.2. The Kier molecular flexibility index (Phi) is 24.9. The molecule has 0 aromatic heterocycles. The molecule has 0 saturated carbocycles. The molecule has 0 aromatic rings. The van der Waals surface area contributed by atoms with Crippen molar-refractivity contribution >= 4 is 23.6 Å². The smallest absolute Gasteiger partial charge is 0.391 e. The van der Waals surface area contributed by atoms with Gasteiger partial charge in [-0.2, -0.15) is 13.2 Å². The first kappa shape index (κ1) is 41.9. The van der Waals surface area contributed by atoms with E-state index in [-0.39, 0.29) is 56.2 Å². The maximum absolute atomic E-state index is 13.3. The molecule has 44 heavy (non-hydrogen) atoms. The Morgan fingerprint density at radius 2 is 1.20 bits per heavy atom. The zero-order valence-corrected chi connectivity index (χ0v) is 27.7. The number of ketones is 1. The topological polar surface area (TPSA) is 113 Å². The monoisotopic (exact) mass is 634 g/mol. The highest BCUT2D eigenvalue weighted by molar-refractivity contribution is 5.84. The van der Waals surface area contributed by atoms with Gasteiger partial charge in [0, 0.05) is 25.3 Å². The summed E-state index contributed by atoms with van der Waals surface area (Å²) in [7, 11) is 0. The van der Waals surface area contributed by atoms with Gasteiger partial charge in [-0.25, -0.2) is 4.79 Å². The fourth-order valence-electron chi connectivity index (χ4n) is 5.53. The number of carbonyl (C=O) groups is 4. The Morgan fingerprint density at radius 3 is 1.68 bits per heavy atom. The molecule has 2 amide bonds. The first-order chi connectivity index (χ1) is 20.9. The van der Waals surface area contributed by atoms with Gasteiger partial charge < -0.3 is 15.7 Å². The summed E-state index contributed by atoms with van der Waals surface area (Å²) in [6.45, 7) is 5.52. The molecular formula is C34H61F3N2O5. The normalized spacial score (nSPS) is 13.7. The highest BCUT2D eigenvalue weighted by atomic mass is 19.4. The lowest BCUT2D eigenvalue weighted by Crippen LogP contribution is -2.41. The number of halogens is 3. The highest BCUT2D eigenvalue weighted by Crippen LogP contribution is 2.36. The molecule has 0 aromatic carbocycles. The molecule has 0 spiro atoms. The lowest BCUT2D eigenvalue weighted by Gasteiger charge is -2.24. The second-order valence-electron chi connectivity index (χ2n) is 12.4. The molecule has 0 heterocycles. The van der Waals surface area contributed by atoms with E-state index in [1.54, 1.807) is 6.92 Å². The first-order valence-corrected chi connectivity index (χ1v) is 17.3. The van der Waals surface area contributed by atoms with Crippen molar-refractivity contribution in [3.8, 4) is 0 Å². The van der Waals surface area contributed by atoms with Crippen molar-refractivity contribution in [2.45, 2.75) is 174 Å². The summed E-state index contributed by atoms with van der Waals surface area (Å²) in [5.74, 6) is -4.28. The van der Waals surface area contributed by atoms with Crippen LogP contribution in [-0.4, -0.2) is 47.4 Å². The number of carboxylic acid groups (broad SMARTS) is 1. The van der Waals surface area contributed by atoms with Gasteiger partial charge in [0.25, 0.3) is 0 Å². The minimum atomic E-state index is -4.32. The number of Topliss-reactive ketones (excluding diaryl/α,β-unsaturated/α-hetero) is 1. The van der Waals surface area contributed by atoms with Crippen LogP contribution in [0.5, 0.6) is 0 Å². The SMILES string of the molecule is CCCCCCCCCCCCCCCC(=O)NC(CCC(=O)NCCCC[C@H](C[C@@H](CCC)C(F)(F)F)C(C)=O)C(=O)O. The van der Waals surface area contributed by atoms with Crippen molar-refractivity contribution < 1.29 is 37.5 Å². The van der Waals surface area contributed by atoms with Crippen molar-refractivity contribution in [1.82, 2.24) is 10.6 Å². The van der Waals surface area contributed by atoms with Gasteiger partial charge in [-0.05, 0) is 45.4 Å². The van der Waals surface area contributed by atoms with Crippen LogP contribution in [0.1, 0.15) is 162 Å². The number of carbonyl (C=O) groups excluding carboxylic acids is 3. The average Bonchev–Trinajstić information content (AvgIpc) is 2.95. The maximum Gasteiger partial charge on any atom is 0.391 e. The highest BCUT2D eigenvalue weighted by Gasteiger charge is 2.40. The number of amides is 2. The van der Waals surface area contributed by atoms with Gasteiger partial charge in [0.15, 0.2) is 0 Å². The van der Waals surface area contributed by atoms with E-state index in [0.717, 1.165) is 19.3 Å². The molecule has 258 valence electrons. The van der Waals surface area contributed by atoms with E-state index in [0.29, 0.717) is 32.1 Å². The lowest BCUT2D eigenvalue weighted by atomic mass is 9.85. The third kappa shape index (κ3) is 23.3. The van der Waals surface area contributed by atoms with Gasteiger partial charge in [-0.3, -0.25) is 14.4 Å². The van der Waals surface area contributed by atoms with Gasteiger partial charge >= 0.3 is 12.1 Å².